The number of rotatable bonds is 5. The predicted octanol–water partition coefficient (Wildman–Crippen LogP) is 5.91. The number of ketones is 1. The van der Waals surface area contributed by atoms with Gasteiger partial charge in [-0.15, -0.1) is 0 Å². The number of aryl methyl sites for hydroxylation is 3. The van der Waals surface area contributed by atoms with Crippen LogP contribution in [0.25, 0.3) is 5.76 Å². The van der Waals surface area contributed by atoms with Gasteiger partial charge in [0, 0.05) is 5.69 Å². The summed E-state index contributed by atoms with van der Waals surface area (Å²) in [6.45, 7) is 5.67. The summed E-state index contributed by atoms with van der Waals surface area (Å²) in [5.74, 6) is -1.01. The molecule has 0 aromatic heterocycles. The average Bonchev–Trinajstić information content (AvgIpc) is 3.08. The van der Waals surface area contributed by atoms with Crippen molar-refractivity contribution in [2.45, 2.75) is 26.8 Å². The van der Waals surface area contributed by atoms with E-state index in [0.29, 0.717) is 22.0 Å². The summed E-state index contributed by atoms with van der Waals surface area (Å²) in [4.78, 5) is 28.3. The molecule has 3 aromatic carbocycles. The van der Waals surface area contributed by atoms with Crippen molar-refractivity contribution in [1.82, 2.24) is 0 Å². The second-order valence-electron chi connectivity index (χ2n) is 8.62. The van der Waals surface area contributed by atoms with E-state index in [1.54, 1.807) is 43.5 Å². The molecule has 1 unspecified atom stereocenters. The number of methoxy groups -OCH3 is 2. The third kappa shape index (κ3) is 4.37. The number of halogens is 1. The summed E-state index contributed by atoms with van der Waals surface area (Å²) in [7, 11) is 2.99. The number of benzene rings is 3. The summed E-state index contributed by atoms with van der Waals surface area (Å²) in [6, 6.07) is 15.2. The summed E-state index contributed by atoms with van der Waals surface area (Å²) in [5.41, 5.74) is 4.07. The summed E-state index contributed by atoms with van der Waals surface area (Å²) >= 11 is 6.36. The number of amides is 1. The van der Waals surface area contributed by atoms with Crippen LogP contribution in [0.4, 0.5) is 5.69 Å². The monoisotopic (exact) mass is 491 g/mol. The zero-order valence-corrected chi connectivity index (χ0v) is 20.9. The molecular weight excluding hydrogens is 466 g/mol. The number of carbonyl (C=O) groups is 2. The molecule has 1 heterocycles. The van der Waals surface area contributed by atoms with Crippen LogP contribution in [0.5, 0.6) is 11.5 Å². The Bertz CT molecular complexity index is 1340. The molecule has 0 spiro atoms. The predicted molar refractivity (Wildman–Crippen MR) is 136 cm³/mol. The lowest BCUT2D eigenvalue weighted by molar-refractivity contribution is -0.132. The van der Waals surface area contributed by atoms with Gasteiger partial charge in [0.15, 0.2) is 0 Å². The molecule has 1 saturated heterocycles. The first-order chi connectivity index (χ1) is 16.7. The molecule has 1 aliphatic heterocycles. The maximum absolute atomic E-state index is 13.4. The number of nitrogens with zero attached hydrogens (tertiary/aromatic N) is 1. The van der Waals surface area contributed by atoms with Gasteiger partial charge in [-0.05, 0) is 79.4 Å². The fourth-order valence-electron chi connectivity index (χ4n) is 4.55. The largest absolute Gasteiger partial charge is 0.507 e. The highest BCUT2D eigenvalue weighted by Gasteiger charge is 2.47. The Kier molecular flexibility index (Phi) is 6.59. The van der Waals surface area contributed by atoms with E-state index in [1.165, 1.54) is 12.0 Å². The van der Waals surface area contributed by atoms with Gasteiger partial charge in [0.2, 0.25) is 0 Å². The second kappa shape index (κ2) is 9.47. The SMILES string of the molecule is COc1ccc(C2/C(=C(\O)c3cc(C)cc(Cl)c3OC)C(=O)C(=O)N2c2cc(C)cc(C)c2)cc1. The van der Waals surface area contributed by atoms with Crippen molar-refractivity contribution in [1.29, 1.82) is 0 Å². The van der Waals surface area contributed by atoms with Crippen molar-refractivity contribution in [3.05, 3.63) is 93.0 Å². The van der Waals surface area contributed by atoms with Crippen LogP contribution in [0.1, 0.15) is 33.9 Å². The van der Waals surface area contributed by atoms with Crippen LogP contribution < -0.4 is 14.4 Å². The van der Waals surface area contributed by atoms with Crippen molar-refractivity contribution in [3.8, 4) is 11.5 Å². The van der Waals surface area contributed by atoms with Crippen LogP contribution in [0.2, 0.25) is 5.02 Å². The van der Waals surface area contributed by atoms with E-state index in [4.69, 9.17) is 21.1 Å². The van der Waals surface area contributed by atoms with Crippen molar-refractivity contribution in [3.63, 3.8) is 0 Å². The first-order valence-corrected chi connectivity index (χ1v) is 11.4. The number of hydrogen-bond donors (Lipinski definition) is 1. The lowest BCUT2D eigenvalue weighted by Gasteiger charge is -2.26. The smallest absolute Gasteiger partial charge is 0.300 e. The molecule has 1 N–H and O–H groups in total. The Labute approximate surface area is 209 Å². The van der Waals surface area contributed by atoms with Gasteiger partial charge in [0.1, 0.15) is 17.3 Å². The molecule has 7 heteroatoms. The van der Waals surface area contributed by atoms with Gasteiger partial charge >= 0.3 is 0 Å². The molecule has 0 saturated carbocycles. The molecule has 0 bridgehead atoms. The van der Waals surface area contributed by atoms with Crippen LogP contribution in [0.3, 0.4) is 0 Å². The first kappa shape index (κ1) is 24.4. The van der Waals surface area contributed by atoms with Crippen LogP contribution in [-0.2, 0) is 9.59 Å². The van der Waals surface area contributed by atoms with Gasteiger partial charge in [0.25, 0.3) is 11.7 Å². The molecule has 0 aliphatic carbocycles. The number of aliphatic hydroxyl groups excluding tert-OH is 1. The van der Waals surface area contributed by atoms with Crippen LogP contribution in [0, 0.1) is 20.8 Å². The minimum atomic E-state index is -0.869. The molecular formula is C28H26ClNO5. The fraction of sp³-hybridized carbons (Fsp3) is 0.214. The van der Waals surface area contributed by atoms with E-state index >= 15 is 0 Å². The van der Waals surface area contributed by atoms with E-state index in [-0.39, 0.29) is 22.6 Å². The highest BCUT2D eigenvalue weighted by atomic mass is 35.5. The average molecular weight is 492 g/mol. The highest BCUT2D eigenvalue weighted by Crippen LogP contribution is 2.45. The summed E-state index contributed by atoms with van der Waals surface area (Å²) < 4.78 is 10.7. The van der Waals surface area contributed by atoms with Crippen molar-refractivity contribution >= 4 is 34.7 Å². The quantitative estimate of drug-likeness (QED) is 0.273. The lowest BCUT2D eigenvalue weighted by Crippen LogP contribution is -2.29. The third-order valence-corrected chi connectivity index (χ3v) is 6.29. The molecule has 35 heavy (non-hydrogen) atoms. The number of carbonyl (C=O) groups excluding carboxylic acids is 2. The van der Waals surface area contributed by atoms with Crippen molar-refractivity contribution in [2.24, 2.45) is 0 Å². The zero-order valence-electron chi connectivity index (χ0n) is 20.2. The number of ether oxygens (including phenoxy) is 2. The van der Waals surface area contributed by atoms with E-state index in [1.807, 2.05) is 39.0 Å². The Hall–Kier alpha value is -3.77. The van der Waals surface area contributed by atoms with E-state index in [2.05, 4.69) is 0 Å². The Balaban J connectivity index is 2.01. The van der Waals surface area contributed by atoms with Gasteiger partial charge in [-0.3, -0.25) is 14.5 Å². The maximum Gasteiger partial charge on any atom is 0.300 e. The first-order valence-electron chi connectivity index (χ1n) is 11.0. The summed E-state index contributed by atoms with van der Waals surface area (Å²) in [5, 5.41) is 11.8. The van der Waals surface area contributed by atoms with Gasteiger partial charge in [0.05, 0.1) is 36.4 Å². The normalized spacial score (nSPS) is 17.1. The molecule has 6 nitrogen and oxygen atoms in total. The number of aliphatic hydroxyl groups is 1. The molecule has 1 atom stereocenters. The molecule has 4 rings (SSSR count). The lowest BCUT2D eigenvalue weighted by atomic mass is 9.94. The third-order valence-electron chi connectivity index (χ3n) is 6.01. The summed E-state index contributed by atoms with van der Waals surface area (Å²) in [6.07, 6.45) is 0. The molecule has 1 amide bonds. The van der Waals surface area contributed by atoms with Crippen molar-refractivity contribution < 1.29 is 24.2 Å². The molecule has 1 fully saturated rings. The minimum Gasteiger partial charge on any atom is -0.507 e. The number of hydrogen-bond acceptors (Lipinski definition) is 5. The maximum atomic E-state index is 13.4. The minimum absolute atomic E-state index is 0.0423. The van der Waals surface area contributed by atoms with E-state index in [9.17, 15) is 14.7 Å². The second-order valence-corrected chi connectivity index (χ2v) is 9.02. The number of anilines is 1. The molecule has 0 radical (unpaired) electrons. The van der Waals surface area contributed by atoms with Gasteiger partial charge in [-0.25, -0.2) is 0 Å². The van der Waals surface area contributed by atoms with Crippen LogP contribution in [-0.4, -0.2) is 31.0 Å². The Morgan fingerprint density at radius 2 is 1.49 bits per heavy atom. The fourth-order valence-corrected chi connectivity index (χ4v) is 4.90. The number of Topliss-reactive ketones (excluding diaryl/α,β-unsaturated/α-hetero) is 1. The standard InChI is InChI=1S/C28H26ClNO5/c1-15-10-16(2)12-19(11-15)30-24(18-6-8-20(34-4)9-7-18)23(26(32)28(30)33)25(31)21-13-17(3)14-22(29)27(21)35-5/h6-14,24,31H,1-5H3/b25-23+. The van der Waals surface area contributed by atoms with E-state index in [0.717, 1.165) is 16.7 Å². The van der Waals surface area contributed by atoms with Crippen LogP contribution >= 0.6 is 11.6 Å². The Morgan fingerprint density at radius 1 is 0.886 bits per heavy atom. The zero-order chi connectivity index (χ0) is 25.4. The topological polar surface area (TPSA) is 76.1 Å². The highest BCUT2D eigenvalue weighted by molar-refractivity contribution is 6.51. The van der Waals surface area contributed by atoms with Gasteiger partial charge in [-0.1, -0.05) is 29.8 Å². The van der Waals surface area contributed by atoms with Gasteiger partial charge < -0.3 is 14.6 Å². The molecule has 1 aliphatic rings. The molecule has 180 valence electrons. The Morgan fingerprint density at radius 3 is 2.06 bits per heavy atom. The van der Waals surface area contributed by atoms with Crippen LogP contribution in [0.15, 0.2) is 60.2 Å². The molecule has 3 aromatic rings. The van der Waals surface area contributed by atoms with E-state index < -0.39 is 17.7 Å². The van der Waals surface area contributed by atoms with Crippen molar-refractivity contribution in [2.75, 3.05) is 19.1 Å². The van der Waals surface area contributed by atoms with Gasteiger partial charge in [-0.2, -0.15) is 0 Å².